The SMILES string of the molecule is CC1(C)NC(=O)N(C[C@H](CC(=O)c2ccc3c4c(oc3c2)CCC4)C(=O)O)C1=O. The zero-order chi connectivity index (χ0) is 20.9. The van der Waals surface area contributed by atoms with Crippen molar-refractivity contribution in [3.8, 4) is 0 Å². The molecule has 1 atom stereocenters. The molecular weight excluding hydrogens is 376 g/mol. The number of aliphatic carboxylic acids is 1. The first kappa shape index (κ1) is 19.2. The highest BCUT2D eigenvalue weighted by Crippen LogP contribution is 2.33. The van der Waals surface area contributed by atoms with Gasteiger partial charge in [-0.25, -0.2) is 4.79 Å². The van der Waals surface area contributed by atoms with E-state index in [9.17, 15) is 24.3 Å². The van der Waals surface area contributed by atoms with Gasteiger partial charge in [0, 0.05) is 35.9 Å². The molecule has 0 bridgehead atoms. The fourth-order valence-electron chi connectivity index (χ4n) is 4.05. The zero-order valence-electron chi connectivity index (χ0n) is 16.3. The Morgan fingerprint density at radius 1 is 1.28 bits per heavy atom. The lowest BCUT2D eigenvalue weighted by Gasteiger charge is -2.19. The van der Waals surface area contributed by atoms with Crippen LogP contribution in [0.4, 0.5) is 4.79 Å². The number of Topliss-reactive ketones (excluding diaryl/α,β-unsaturated/α-hetero) is 1. The van der Waals surface area contributed by atoms with Crippen LogP contribution in [-0.4, -0.2) is 45.8 Å². The molecule has 29 heavy (non-hydrogen) atoms. The lowest BCUT2D eigenvalue weighted by Crippen LogP contribution is -2.42. The minimum absolute atomic E-state index is 0.321. The highest BCUT2D eigenvalue weighted by molar-refractivity contribution is 6.07. The summed E-state index contributed by atoms with van der Waals surface area (Å²) in [5.74, 6) is -2.35. The molecule has 0 radical (unpaired) electrons. The summed E-state index contributed by atoms with van der Waals surface area (Å²) >= 11 is 0. The van der Waals surface area contributed by atoms with Gasteiger partial charge in [0.1, 0.15) is 16.9 Å². The Bertz CT molecular complexity index is 1050. The van der Waals surface area contributed by atoms with Crippen molar-refractivity contribution >= 4 is 34.7 Å². The summed E-state index contributed by atoms with van der Waals surface area (Å²) in [7, 11) is 0. The quantitative estimate of drug-likeness (QED) is 0.570. The van der Waals surface area contributed by atoms with Gasteiger partial charge < -0.3 is 14.8 Å². The fraction of sp³-hybridized carbons (Fsp3) is 0.429. The normalized spacial score (nSPS) is 18.8. The summed E-state index contributed by atoms with van der Waals surface area (Å²) in [6.45, 7) is 2.74. The van der Waals surface area contributed by atoms with Gasteiger partial charge in [-0.05, 0) is 32.8 Å². The Labute approximate surface area is 166 Å². The number of rotatable bonds is 6. The third kappa shape index (κ3) is 3.28. The molecule has 0 saturated carbocycles. The van der Waals surface area contributed by atoms with E-state index >= 15 is 0 Å². The van der Waals surface area contributed by atoms with E-state index in [1.807, 2.05) is 6.07 Å². The molecule has 1 aliphatic heterocycles. The molecular formula is C21H22N2O6. The number of hydrogen-bond donors (Lipinski definition) is 2. The van der Waals surface area contributed by atoms with E-state index in [4.69, 9.17) is 4.42 Å². The second-order valence-electron chi connectivity index (χ2n) is 8.20. The van der Waals surface area contributed by atoms with Crippen LogP contribution < -0.4 is 5.32 Å². The molecule has 1 aliphatic carbocycles. The number of furan rings is 1. The average Bonchev–Trinajstić information content (AvgIpc) is 3.28. The molecule has 8 nitrogen and oxygen atoms in total. The number of amides is 3. The minimum Gasteiger partial charge on any atom is -0.481 e. The lowest BCUT2D eigenvalue weighted by molar-refractivity contribution is -0.142. The number of hydrogen-bond acceptors (Lipinski definition) is 5. The summed E-state index contributed by atoms with van der Waals surface area (Å²) in [5.41, 5.74) is 1.08. The number of nitrogens with zero attached hydrogens (tertiary/aromatic N) is 1. The van der Waals surface area contributed by atoms with Crippen LogP contribution in [0.1, 0.15) is 48.4 Å². The van der Waals surface area contributed by atoms with E-state index < -0.39 is 29.4 Å². The number of aryl methyl sites for hydroxylation is 2. The Hall–Kier alpha value is -3.16. The molecule has 152 valence electrons. The number of benzene rings is 1. The molecule has 2 heterocycles. The molecule has 8 heteroatoms. The van der Waals surface area contributed by atoms with Crippen molar-refractivity contribution < 1.29 is 28.7 Å². The summed E-state index contributed by atoms with van der Waals surface area (Å²) in [6.07, 6.45) is 2.58. The standard InChI is InChI=1S/C21H22N2O6/c1-21(2)19(27)23(20(28)22-21)10-12(18(25)26)8-15(24)11-6-7-14-13-4-3-5-16(13)29-17(14)9-11/h6-7,9,12H,3-5,8,10H2,1-2H3,(H,22,28)(H,25,26)/t12-/m0/s1. The van der Waals surface area contributed by atoms with E-state index in [0.717, 1.165) is 35.3 Å². The molecule has 2 aromatic rings. The van der Waals surface area contributed by atoms with Crippen molar-refractivity contribution in [3.63, 3.8) is 0 Å². The first-order valence-corrected chi connectivity index (χ1v) is 9.62. The maximum absolute atomic E-state index is 12.7. The molecule has 0 spiro atoms. The van der Waals surface area contributed by atoms with Crippen LogP contribution in [0.2, 0.25) is 0 Å². The Kier molecular flexibility index (Phi) is 4.44. The first-order valence-electron chi connectivity index (χ1n) is 9.62. The van der Waals surface area contributed by atoms with Crippen molar-refractivity contribution in [2.24, 2.45) is 5.92 Å². The van der Waals surface area contributed by atoms with Crippen LogP contribution >= 0.6 is 0 Å². The number of imide groups is 1. The summed E-state index contributed by atoms with van der Waals surface area (Å²) < 4.78 is 5.84. The number of carboxylic acid groups (broad SMARTS) is 1. The van der Waals surface area contributed by atoms with Crippen LogP contribution in [0.15, 0.2) is 22.6 Å². The van der Waals surface area contributed by atoms with Gasteiger partial charge in [-0.3, -0.25) is 19.3 Å². The van der Waals surface area contributed by atoms with Gasteiger partial charge in [-0.1, -0.05) is 12.1 Å². The molecule has 3 amide bonds. The number of ketones is 1. The highest BCUT2D eigenvalue weighted by atomic mass is 16.4. The van der Waals surface area contributed by atoms with Crippen LogP contribution in [0.5, 0.6) is 0 Å². The Morgan fingerprint density at radius 3 is 2.69 bits per heavy atom. The number of carboxylic acids is 1. The predicted octanol–water partition coefficient (Wildman–Crippen LogP) is 2.53. The van der Waals surface area contributed by atoms with Crippen LogP contribution in [0.25, 0.3) is 11.0 Å². The number of fused-ring (bicyclic) bond motifs is 3. The maximum Gasteiger partial charge on any atom is 0.325 e. The van der Waals surface area contributed by atoms with Crippen molar-refractivity contribution in [1.82, 2.24) is 10.2 Å². The van der Waals surface area contributed by atoms with Crippen LogP contribution in [0, 0.1) is 5.92 Å². The second-order valence-corrected chi connectivity index (χ2v) is 8.20. The van der Waals surface area contributed by atoms with E-state index in [-0.39, 0.29) is 18.7 Å². The maximum atomic E-state index is 12.7. The molecule has 2 N–H and O–H groups in total. The summed E-state index contributed by atoms with van der Waals surface area (Å²) in [5, 5.41) is 13.0. The Balaban J connectivity index is 1.52. The van der Waals surface area contributed by atoms with Gasteiger partial charge in [0.05, 0.1) is 5.92 Å². The van der Waals surface area contributed by atoms with Crippen molar-refractivity contribution in [3.05, 3.63) is 35.1 Å². The van der Waals surface area contributed by atoms with Crippen molar-refractivity contribution in [2.45, 2.75) is 45.1 Å². The van der Waals surface area contributed by atoms with Gasteiger partial charge in [-0.15, -0.1) is 0 Å². The smallest absolute Gasteiger partial charge is 0.325 e. The number of nitrogens with one attached hydrogen (secondary N) is 1. The first-order chi connectivity index (χ1) is 13.7. The average molecular weight is 398 g/mol. The monoisotopic (exact) mass is 398 g/mol. The van der Waals surface area contributed by atoms with Gasteiger partial charge in [0.2, 0.25) is 0 Å². The van der Waals surface area contributed by atoms with Crippen molar-refractivity contribution in [2.75, 3.05) is 6.54 Å². The lowest BCUT2D eigenvalue weighted by atomic mass is 9.96. The van der Waals surface area contributed by atoms with Gasteiger partial charge in [0.15, 0.2) is 5.78 Å². The molecule has 1 fully saturated rings. The summed E-state index contributed by atoms with van der Waals surface area (Å²) in [6, 6.07) is 4.51. The predicted molar refractivity (Wildman–Crippen MR) is 103 cm³/mol. The second kappa shape index (κ2) is 6.72. The topological polar surface area (TPSA) is 117 Å². The molecule has 1 saturated heterocycles. The van der Waals surface area contributed by atoms with Crippen molar-refractivity contribution in [1.29, 1.82) is 0 Å². The molecule has 4 rings (SSSR count). The third-order valence-electron chi connectivity index (χ3n) is 5.66. The van der Waals surface area contributed by atoms with Gasteiger partial charge >= 0.3 is 12.0 Å². The molecule has 1 aromatic heterocycles. The largest absolute Gasteiger partial charge is 0.481 e. The fourth-order valence-corrected chi connectivity index (χ4v) is 4.05. The van der Waals surface area contributed by atoms with Crippen LogP contribution in [0.3, 0.4) is 0 Å². The van der Waals surface area contributed by atoms with Crippen LogP contribution in [-0.2, 0) is 22.4 Å². The molecule has 2 aliphatic rings. The third-order valence-corrected chi connectivity index (χ3v) is 5.66. The minimum atomic E-state index is -1.23. The van der Waals surface area contributed by atoms with E-state index in [0.29, 0.717) is 11.1 Å². The highest BCUT2D eigenvalue weighted by Gasteiger charge is 2.45. The number of carbonyl (C=O) groups is 4. The number of carbonyl (C=O) groups excluding carboxylic acids is 3. The molecule has 1 aromatic carbocycles. The number of urea groups is 1. The van der Waals surface area contributed by atoms with Gasteiger partial charge in [-0.2, -0.15) is 0 Å². The Morgan fingerprint density at radius 2 is 2.03 bits per heavy atom. The molecule has 0 unspecified atom stereocenters. The summed E-state index contributed by atoms with van der Waals surface area (Å²) in [4.78, 5) is 49.6. The zero-order valence-corrected chi connectivity index (χ0v) is 16.3. The van der Waals surface area contributed by atoms with Gasteiger partial charge in [0.25, 0.3) is 5.91 Å². The van der Waals surface area contributed by atoms with E-state index in [1.54, 1.807) is 26.0 Å². The van der Waals surface area contributed by atoms with E-state index in [1.165, 1.54) is 5.56 Å². The van der Waals surface area contributed by atoms with E-state index in [2.05, 4.69) is 5.32 Å².